The van der Waals surface area contributed by atoms with Crippen LogP contribution in [0.5, 0.6) is 11.5 Å². The van der Waals surface area contributed by atoms with E-state index in [0.29, 0.717) is 60.0 Å². The lowest BCUT2D eigenvalue weighted by Gasteiger charge is -2.49. The molecule has 2 aromatic rings. The summed E-state index contributed by atoms with van der Waals surface area (Å²) in [6, 6.07) is 13.0. The number of carboxylic acids is 1. The Hall–Kier alpha value is -3.58. The zero-order chi connectivity index (χ0) is 30.4. The van der Waals surface area contributed by atoms with Gasteiger partial charge in [0.15, 0.2) is 23.1 Å². The highest BCUT2D eigenvalue weighted by molar-refractivity contribution is 6.30. The second kappa shape index (κ2) is 11.3. The van der Waals surface area contributed by atoms with Crippen LogP contribution in [0.15, 0.2) is 65.0 Å². The molecule has 1 heterocycles. The molecule has 222 valence electrons. The topological polar surface area (TPSA) is 93.1 Å². The molecule has 0 radical (unpaired) electrons. The highest BCUT2D eigenvalue weighted by atomic mass is 35.5. The van der Waals surface area contributed by atoms with Gasteiger partial charge in [-0.25, -0.2) is 0 Å². The second-order valence-electron chi connectivity index (χ2n) is 13.2. The van der Waals surface area contributed by atoms with Crippen molar-refractivity contribution in [3.63, 3.8) is 0 Å². The molecule has 0 atom stereocenters. The fourth-order valence-electron chi connectivity index (χ4n) is 6.58. The minimum absolute atomic E-state index is 0.00205. The van der Waals surface area contributed by atoms with E-state index in [1.54, 1.807) is 7.11 Å². The van der Waals surface area contributed by atoms with Gasteiger partial charge in [0, 0.05) is 52.9 Å². The molecular weight excluding hydrogens is 554 g/mol. The van der Waals surface area contributed by atoms with Crippen molar-refractivity contribution in [2.24, 2.45) is 10.8 Å². The number of hydrogen-bond acceptors (Lipinski definition) is 6. The van der Waals surface area contributed by atoms with E-state index in [9.17, 15) is 19.5 Å². The van der Waals surface area contributed by atoms with Gasteiger partial charge in [0.2, 0.25) is 0 Å². The van der Waals surface area contributed by atoms with Gasteiger partial charge in [-0.05, 0) is 59.1 Å². The number of hydrogen-bond donors (Lipinski definition) is 1. The molecule has 0 unspecified atom stereocenters. The van der Waals surface area contributed by atoms with Crippen molar-refractivity contribution in [3.8, 4) is 11.5 Å². The molecule has 0 saturated carbocycles. The van der Waals surface area contributed by atoms with Gasteiger partial charge in [-0.15, -0.1) is 0 Å². The number of rotatable bonds is 8. The lowest BCUT2D eigenvalue weighted by molar-refractivity contribution is -0.137. The zero-order valence-electron chi connectivity index (χ0n) is 24.9. The Morgan fingerprint density at radius 2 is 1.48 bits per heavy atom. The van der Waals surface area contributed by atoms with Gasteiger partial charge in [-0.1, -0.05) is 57.5 Å². The third-order valence-electron chi connectivity index (χ3n) is 8.40. The maximum Gasteiger partial charge on any atom is 0.305 e. The summed E-state index contributed by atoms with van der Waals surface area (Å²) >= 11 is 6.01. The summed E-state index contributed by atoms with van der Waals surface area (Å²) in [5.74, 6) is -0.418. The molecule has 42 heavy (non-hydrogen) atoms. The molecule has 7 nitrogen and oxygen atoms in total. The van der Waals surface area contributed by atoms with Crippen LogP contribution in [0.25, 0.3) is 0 Å². The van der Waals surface area contributed by atoms with Gasteiger partial charge < -0.3 is 19.5 Å². The number of ether oxygens (including phenoxy) is 2. The van der Waals surface area contributed by atoms with Crippen LogP contribution in [0.4, 0.5) is 0 Å². The quantitative estimate of drug-likeness (QED) is 0.350. The number of carbonyl (C=O) groups excluding carboxylic acids is 2. The van der Waals surface area contributed by atoms with Crippen LogP contribution in [0.2, 0.25) is 5.02 Å². The number of allylic oxidation sites excluding steroid dienone is 4. The number of ketones is 2. The van der Waals surface area contributed by atoms with Gasteiger partial charge in [-0.2, -0.15) is 0 Å². The van der Waals surface area contributed by atoms with Crippen molar-refractivity contribution < 1.29 is 29.0 Å². The molecule has 2 aliphatic carbocycles. The highest BCUT2D eigenvalue weighted by Crippen LogP contribution is 2.55. The molecule has 2 aromatic carbocycles. The predicted octanol–water partition coefficient (Wildman–Crippen LogP) is 7.09. The first-order valence-electron chi connectivity index (χ1n) is 14.4. The van der Waals surface area contributed by atoms with Crippen LogP contribution >= 0.6 is 11.6 Å². The van der Waals surface area contributed by atoms with Crippen LogP contribution in [0, 0.1) is 10.8 Å². The Balaban J connectivity index is 1.62. The Morgan fingerprint density at radius 3 is 2.00 bits per heavy atom. The molecule has 5 rings (SSSR count). The lowest BCUT2D eigenvalue weighted by Crippen LogP contribution is -2.45. The molecular formula is C34H38ClNO6. The normalized spacial score (nSPS) is 19.9. The number of methoxy groups -OCH3 is 1. The van der Waals surface area contributed by atoms with Gasteiger partial charge in [0.25, 0.3) is 0 Å². The monoisotopic (exact) mass is 591 g/mol. The van der Waals surface area contributed by atoms with E-state index >= 15 is 0 Å². The first-order valence-corrected chi connectivity index (χ1v) is 14.7. The van der Waals surface area contributed by atoms with E-state index in [-0.39, 0.29) is 35.4 Å². The average molecular weight is 592 g/mol. The molecule has 1 N–H and O–H groups in total. The minimum atomic E-state index is -0.914. The molecule has 0 aromatic heterocycles. The largest absolute Gasteiger partial charge is 0.493 e. The van der Waals surface area contributed by atoms with E-state index in [2.05, 4.69) is 27.7 Å². The Bertz CT molecular complexity index is 1450. The molecule has 3 aliphatic rings. The third-order valence-corrected chi connectivity index (χ3v) is 8.65. The summed E-state index contributed by atoms with van der Waals surface area (Å²) in [7, 11) is 1.57. The van der Waals surface area contributed by atoms with Crippen LogP contribution < -0.4 is 9.47 Å². The summed E-state index contributed by atoms with van der Waals surface area (Å²) in [5.41, 5.74) is 4.05. The fraction of sp³-hybridized carbons (Fsp3) is 0.441. The fourth-order valence-corrected chi connectivity index (χ4v) is 6.71. The summed E-state index contributed by atoms with van der Waals surface area (Å²) in [6.07, 6.45) is 1.87. The maximum absolute atomic E-state index is 13.9. The SMILES string of the molecule is COc1cc(C2C3=C(CC(C)(C)CC3=O)N(CCC(=O)O)C3=C2C(=O)CC(C)(C)C3)ccc1OCc1ccc(Cl)cc1. The van der Waals surface area contributed by atoms with Crippen molar-refractivity contribution in [2.75, 3.05) is 13.7 Å². The molecule has 0 amide bonds. The van der Waals surface area contributed by atoms with Crippen LogP contribution in [-0.4, -0.2) is 41.2 Å². The highest BCUT2D eigenvalue weighted by Gasteiger charge is 2.49. The van der Waals surface area contributed by atoms with Gasteiger partial charge >= 0.3 is 5.97 Å². The number of halogens is 1. The summed E-state index contributed by atoms with van der Waals surface area (Å²) in [4.78, 5) is 41.5. The first-order chi connectivity index (χ1) is 19.8. The molecule has 0 bridgehead atoms. The molecule has 1 aliphatic heterocycles. The Labute approximate surface area is 252 Å². The molecule has 0 saturated heterocycles. The molecule has 0 spiro atoms. The van der Waals surface area contributed by atoms with Gasteiger partial charge in [-0.3, -0.25) is 14.4 Å². The van der Waals surface area contributed by atoms with Gasteiger partial charge in [0.1, 0.15) is 6.61 Å². The zero-order valence-corrected chi connectivity index (χ0v) is 25.6. The number of aliphatic carboxylic acids is 1. The molecule has 0 fully saturated rings. The van der Waals surface area contributed by atoms with Crippen LogP contribution in [0.3, 0.4) is 0 Å². The minimum Gasteiger partial charge on any atom is -0.493 e. The Morgan fingerprint density at radius 1 is 0.905 bits per heavy atom. The summed E-state index contributed by atoms with van der Waals surface area (Å²) in [6.45, 7) is 8.79. The van der Waals surface area contributed by atoms with Gasteiger partial charge in [0.05, 0.1) is 13.5 Å². The first kappa shape index (κ1) is 29.9. The average Bonchev–Trinajstić information content (AvgIpc) is 2.89. The number of carboxylic acid groups (broad SMARTS) is 1. The van der Waals surface area contributed by atoms with Crippen LogP contribution in [0.1, 0.15) is 76.8 Å². The maximum atomic E-state index is 13.9. The number of Topliss-reactive ketones (excluding diaryl/α,β-unsaturated/α-hetero) is 2. The van der Waals surface area contributed by atoms with E-state index in [4.69, 9.17) is 21.1 Å². The smallest absolute Gasteiger partial charge is 0.305 e. The Kier molecular flexibility index (Phi) is 8.01. The van der Waals surface area contributed by atoms with E-state index in [1.807, 2.05) is 47.4 Å². The van der Waals surface area contributed by atoms with E-state index in [0.717, 1.165) is 22.5 Å². The van der Waals surface area contributed by atoms with Crippen molar-refractivity contribution in [2.45, 2.75) is 72.3 Å². The standard InChI is InChI=1S/C34H38ClNO6/c1-33(2)15-23-31(25(37)17-33)30(32-24(36(23)13-12-29(39)40)16-34(3,4)18-26(32)38)21-8-11-27(28(14-21)41-5)42-19-20-6-9-22(35)10-7-20/h6-11,14,30H,12-13,15-19H2,1-5H3,(H,39,40). The van der Waals surface area contributed by atoms with Crippen molar-refractivity contribution in [1.29, 1.82) is 0 Å². The van der Waals surface area contributed by atoms with E-state index < -0.39 is 11.9 Å². The lowest BCUT2D eigenvalue weighted by atomic mass is 9.63. The number of benzene rings is 2. The number of carbonyl (C=O) groups is 3. The van der Waals surface area contributed by atoms with Crippen molar-refractivity contribution in [3.05, 3.63) is 81.2 Å². The van der Waals surface area contributed by atoms with Crippen molar-refractivity contribution >= 4 is 29.1 Å². The second-order valence-corrected chi connectivity index (χ2v) is 13.6. The molecule has 8 heteroatoms. The third kappa shape index (κ3) is 5.98. The van der Waals surface area contributed by atoms with Crippen molar-refractivity contribution in [1.82, 2.24) is 4.90 Å². The van der Waals surface area contributed by atoms with Crippen LogP contribution in [-0.2, 0) is 21.0 Å². The summed E-state index contributed by atoms with van der Waals surface area (Å²) in [5, 5.41) is 10.2. The summed E-state index contributed by atoms with van der Waals surface area (Å²) < 4.78 is 11.8. The predicted molar refractivity (Wildman–Crippen MR) is 161 cm³/mol. The number of nitrogens with zero attached hydrogens (tertiary/aromatic N) is 1. The van der Waals surface area contributed by atoms with E-state index in [1.165, 1.54) is 0 Å².